The van der Waals surface area contributed by atoms with Crippen LogP contribution in [0.1, 0.15) is 19.4 Å². The molecular weight excluding hydrogens is 437 g/mol. The number of morpholine rings is 1. The zero-order valence-electron chi connectivity index (χ0n) is 17.8. The Morgan fingerprint density at radius 2 is 2.12 bits per heavy atom. The fraction of sp³-hybridized carbons (Fsp3) is 0.381. The van der Waals surface area contributed by atoms with Crippen molar-refractivity contribution in [2.45, 2.75) is 26.1 Å². The largest absolute Gasteiger partial charge is 0.373 e. The smallest absolute Gasteiger partial charge is 0.202 e. The zero-order valence-corrected chi connectivity index (χ0v) is 18.5. The van der Waals surface area contributed by atoms with Crippen molar-refractivity contribution in [3.05, 3.63) is 46.9 Å². The number of aromatic nitrogens is 3. The van der Waals surface area contributed by atoms with E-state index in [1.54, 1.807) is 6.07 Å². The summed E-state index contributed by atoms with van der Waals surface area (Å²) in [6, 6.07) is 5.31. The molecule has 4 N–H and O–H groups in total. The van der Waals surface area contributed by atoms with Crippen LogP contribution in [0.3, 0.4) is 0 Å². The topological polar surface area (TPSA) is 113 Å². The number of hydrogen-bond acceptors (Lipinski definition) is 7. The van der Waals surface area contributed by atoms with Crippen LogP contribution in [0.4, 0.5) is 16.0 Å². The number of H-pyrrole nitrogens is 1. The molecule has 0 spiro atoms. The molecule has 32 heavy (non-hydrogen) atoms. The van der Waals surface area contributed by atoms with E-state index in [1.165, 1.54) is 18.3 Å². The molecule has 0 unspecified atom stereocenters. The molecule has 1 aliphatic heterocycles. The van der Waals surface area contributed by atoms with Crippen molar-refractivity contribution >= 4 is 40.2 Å². The third kappa shape index (κ3) is 4.83. The molecular formula is C21H25ClFN7O2. The first-order valence-corrected chi connectivity index (χ1v) is 10.7. The van der Waals surface area contributed by atoms with Gasteiger partial charge in [-0.25, -0.2) is 14.4 Å². The van der Waals surface area contributed by atoms with E-state index in [4.69, 9.17) is 21.7 Å². The van der Waals surface area contributed by atoms with E-state index in [0.29, 0.717) is 34.3 Å². The third-order valence-corrected chi connectivity index (χ3v) is 5.51. The minimum atomic E-state index is -0.605. The summed E-state index contributed by atoms with van der Waals surface area (Å²) in [5.74, 6) is -0.310. The van der Waals surface area contributed by atoms with Crippen molar-refractivity contribution in [3.8, 4) is 0 Å². The standard InChI is InChI=1S/C21H25ClFN7O2/c1-12-10-29(11-13(2)32-12)8-7-26-21-27-18-15(5-6-25-20(18)28-21)19(24)30(31)14-3-4-17(23)16(22)9-14/h3-6,9,12-13,24,31H,7-8,10-11H2,1-2H3,(H2,25,26,27,28)/t12-,13+. The quantitative estimate of drug-likeness (QED) is 0.252. The van der Waals surface area contributed by atoms with Gasteiger partial charge in [-0.15, -0.1) is 0 Å². The maximum absolute atomic E-state index is 13.4. The second kappa shape index (κ2) is 9.37. The number of aromatic amines is 1. The summed E-state index contributed by atoms with van der Waals surface area (Å²) in [6.45, 7) is 7.42. The number of pyridine rings is 1. The Bertz CT molecular complexity index is 1110. The number of fused-ring (bicyclic) bond motifs is 1. The lowest BCUT2D eigenvalue weighted by molar-refractivity contribution is -0.0667. The molecule has 0 radical (unpaired) electrons. The number of hydrogen-bond donors (Lipinski definition) is 4. The highest BCUT2D eigenvalue weighted by Gasteiger charge is 2.22. The fourth-order valence-corrected chi connectivity index (χ4v) is 4.03. The lowest BCUT2D eigenvalue weighted by Crippen LogP contribution is -2.46. The van der Waals surface area contributed by atoms with E-state index in [0.717, 1.165) is 25.7 Å². The average molecular weight is 462 g/mol. The SMILES string of the molecule is C[C@@H]1CN(CCNc2nc3nccc(C(=N)N(O)c4ccc(F)c(Cl)c4)c3[nH]2)C[C@H](C)O1. The van der Waals surface area contributed by atoms with Gasteiger partial charge in [0.25, 0.3) is 0 Å². The minimum Gasteiger partial charge on any atom is -0.373 e. The van der Waals surface area contributed by atoms with Gasteiger partial charge >= 0.3 is 0 Å². The second-order valence-corrected chi connectivity index (χ2v) is 8.25. The molecule has 0 aliphatic carbocycles. The second-order valence-electron chi connectivity index (χ2n) is 7.85. The zero-order chi connectivity index (χ0) is 22.8. The van der Waals surface area contributed by atoms with Crippen LogP contribution in [-0.4, -0.2) is 69.3 Å². The lowest BCUT2D eigenvalue weighted by Gasteiger charge is -2.35. The Labute approximate surface area is 189 Å². The van der Waals surface area contributed by atoms with E-state index in [9.17, 15) is 9.60 Å². The van der Waals surface area contributed by atoms with Crippen LogP contribution in [-0.2, 0) is 4.74 Å². The molecule has 11 heteroatoms. The Morgan fingerprint density at radius 3 is 2.84 bits per heavy atom. The molecule has 1 saturated heterocycles. The number of benzene rings is 1. The molecule has 0 bridgehead atoms. The van der Waals surface area contributed by atoms with Gasteiger partial charge in [-0.2, -0.15) is 4.98 Å². The van der Waals surface area contributed by atoms with Crippen molar-refractivity contribution in [2.75, 3.05) is 36.6 Å². The van der Waals surface area contributed by atoms with Gasteiger partial charge in [0.2, 0.25) is 5.95 Å². The van der Waals surface area contributed by atoms with E-state index < -0.39 is 5.82 Å². The summed E-state index contributed by atoms with van der Waals surface area (Å²) < 4.78 is 19.2. The van der Waals surface area contributed by atoms with Crippen molar-refractivity contribution in [1.82, 2.24) is 19.9 Å². The Balaban J connectivity index is 1.46. The summed E-state index contributed by atoms with van der Waals surface area (Å²) in [4.78, 5) is 14.2. The number of nitrogens with one attached hydrogen (secondary N) is 3. The van der Waals surface area contributed by atoms with Crippen molar-refractivity contribution in [2.24, 2.45) is 0 Å². The van der Waals surface area contributed by atoms with E-state index in [2.05, 4.69) is 39.0 Å². The van der Waals surface area contributed by atoms with Crippen LogP contribution in [0, 0.1) is 11.2 Å². The summed E-state index contributed by atoms with van der Waals surface area (Å²) >= 11 is 5.80. The van der Waals surface area contributed by atoms with Crippen LogP contribution in [0.5, 0.6) is 0 Å². The predicted octanol–water partition coefficient (Wildman–Crippen LogP) is 3.49. The van der Waals surface area contributed by atoms with E-state index >= 15 is 0 Å². The molecule has 170 valence electrons. The van der Waals surface area contributed by atoms with Gasteiger partial charge in [0.05, 0.1) is 28.4 Å². The Hall–Kier alpha value is -2.79. The molecule has 3 heterocycles. The summed E-state index contributed by atoms with van der Waals surface area (Å²) in [6.07, 6.45) is 1.93. The highest BCUT2D eigenvalue weighted by atomic mass is 35.5. The third-order valence-electron chi connectivity index (χ3n) is 5.22. The monoisotopic (exact) mass is 461 g/mol. The van der Waals surface area contributed by atoms with Gasteiger partial charge in [0.1, 0.15) is 5.82 Å². The lowest BCUT2D eigenvalue weighted by atomic mass is 10.2. The van der Waals surface area contributed by atoms with Crippen molar-refractivity contribution in [3.63, 3.8) is 0 Å². The highest BCUT2D eigenvalue weighted by molar-refractivity contribution is 6.31. The first-order valence-electron chi connectivity index (χ1n) is 10.3. The summed E-state index contributed by atoms with van der Waals surface area (Å²) in [7, 11) is 0. The Kier molecular flexibility index (Phi) is 6.56. The molecule has 1 aliphatic rings. The van der Waals surface area contributed by atoms with Crippen LogP contribution < -0.4 is 10.4 Å². The van der Waals surface area contributed by atoms with E-state index in [1.807, 2.05) is 0 Å². The van der Waals surface area contributed by atoms with E-state index in [-0.39, 0.29) is 28.8 Å². The molecule has 3 aromatic rings. The molecule has 0 saturated carbocycles. The summed E-state index contributed by atoms with van der Waals surface area (Å²) in [5, 5.41) is 22.7. The van der Waals surface area contributed by atoms with Crippen LogP contribution >= 0.6 is 11.6 Å². The number of imidazole rings is 1. The predicted molar refractivity (Wildman–Crippen MR) is 121 cm³/mol. The number of ether oxygens (including phenoxy) is 1. The van der Waals surface area contributed by atoms with Gasteiger partial charge < -0.3 is 15.0 Å². The number of anilines is 2. The maximum atomic E-state index is 13.4. The van der Waals surface area contributed by atoms with Crippen molar-refractivity contribution in [1.29, 1.82) is 5.41 Å². The van der Waals surface area contributed by atoms with Gasteiger partial charge in [0, 0.05) is 37.9 Å². The molecule has 1 aromatic carbocycles. The van der Waals surface area contributed by atoms with Gasteiger partial charge in [-0.3, -0.25) is 15.5 Å². The van der Waals surface area contributed by atoms with Gasteiger partial charge in [-0.1, -0.05) is 11.6 Å². The fourth-order valence-electron chi connectivity index (χ4n) is 3.85. The highest BCUT2D eigenvalue weighted by Crippen LogP contribution is 2.25. The number of nitrogens with zero attached hydrogens (tertiary/aromatic N) is 4. The van der Waals surface area contributed by atoms with Gasteiger partial charge in [-0.05, 0) is 38.1 Å². The molecule has 9 nitrogen and oxygen atoms in total. The molecule has 1 fully saturated rings. The number of rotatable bonds is 6. The van der Waals surface area contributed by atoms with Gasteiger partial charge in [0.15, 0.2) is 11.5 Å². The molecule has 2 atom stereocenters. The summed E-state index contributed by atoms with van der Waals surface area (Å²) in [5.41, 5.74) is 1.46. The molecule has 4 rings (SSSR count). The first-order chi connectivity index (χ1) is 15.3. The number of amidine groups is 1. The maximum Gasteiger partial charge on any atom is 0.202 e. The van der Waals surface area contributed by atoms with Crippen LogP contribution in [0.25, 0.3) is 11.2 Å². The van der Waals surface area contributed by atoms with Crippen LogP contribution in [0.2, 0.25) is 5.02 Å². The Morgan fingerprint density at radius 1 is 1.38 bits per heavy atom. The normalized spacial score (nSPS) is 19.3. The molecule has 0 amide bonds. The first kappa shape index (κ1) is 22.4. The number of hydroxylamine groups is 1. The number of halogens is 2. The molecule has 2 aromatic heterocycles. The minimum absolute atomic E-state index is 0.147. The van der Waals surface area contributed by atoms with Crippen molar-refractivity contribution < 1.29 is 14.3 Å². The average Bonchev–Trinajstić information content (AvgIpc) is 3.17. The van der Waals surface area contributed by atoms with Crippen LogP contribution in [0.15, 0.2) is 30.5 Å².